The van der Waals surface area contributed by atoms with E-state index in [-0.39, 0.29) is 23.1 Å². The molecule has 9 nitrogen and oxygen atoms in total. The SMILES string of the molecule is CN(C)Cc1csc(CNC(=O)c2cncc3nc(C(F)(F)F)n(C)c23)n1.O=C(O)C(F)(F)F. The fourth-order valence-corrected chi connectivity index (χ4v) is 3.39. The van der Waals surface area contributed by atoms with Crippen LogP contribution in [0, 0.1) is 0 Å². The summed E-state index contributed by atoms with van der Waals surface area (Å²) in [6.07, 6.45) is -7.26. The van der Waals surface area contributed by atoms with Crippen molar-refractivity contribution in [3.63, 3.8) is 0 Å². The second-order valence-corrected chi connectivity index (χ2v) is 7.95. The Morgan fingerprint density at radius 1 is 1.15 bits per heavy atom. The molecule has 0 radical (unpaired) electrons. The van der Waals surface area contributed by atoms with E-state index >= 15 is 0 Å². The van der Waals surface area contributed by atoms with E-state index in [0.717, 1.165) is 10.3 Å². The first-order valence-corrected chi connectivity index (χ1v) is 10.0. The van der Waals surface area contributed by atoms with Gasteiger partial charge in [0.2, 0.25) is 5.82 Å². The largest absolute Gasteiger partial charge is 0.490 e. The number of fused-ring (bicyclic) bond motifs is 1. The topological polar surface area (TPSA) is 113 Å². The van der Waals surface area contributed by atoms with Gasteiger partial charge in [0.15, 0.2) is 0 Å². The molecule has 0 bridgehead atoms. The highest BCUT2D eigenvalue weighted by Crippen LogP contribution is 2.31. The summed E-state index contributed by atoms with van der Waals surface area (Å²) >= 11 is 1.41. The molecule has 0 saturated heterocycles. The number of aromatic nitrogens is 4. The second-order valence-electron chi connectivity index (χ2n) is 7.00. The van der Waals surface area contributed by atoms with Crippen LogP contribution in [-0.2, 0) is 31.1 Å². The van der Waals surface area contributed by atoms with E-state index in [1.807, 2.05) is 24.4 Å². The van der Waals surface area contributed by atoms with E-state index in [1.165, 1.54) is 30.8 Å². The van der Waals surface area contributed by atoms with Crippen LogP contribution in [0.5, 0.6) is 0 Å². The van der Waals surface area contributed by atoms with Crippen LogP contribution in [0.1, 0.15) is 26.9 Å². The highest BCUT2D eigenvalue weighted by atomic mass is 32.1. The van der Waals surface area contributed by atoms with Gasteiger partial charge in [0, 0.05) is 25.2 Å². The number of imidazole rings is 1. The number of carboxylic acids is 1. The molecule has 3 rings (SSSR count). The summed E-state index contributed by atoms with van der Waals surface area (Å²) in [6.45, 7) is 0.861. The van der Waals surface area contributed by atoms with Crippen molar-refractivity contribution in [3.8, 4) is 0 Å². The predicted octanol–water partition coefficient (Wildman–Crippen LogP) is 3.07. The highest BCUT2D eigenvalue weighted by molar-refractivity contribution is 7.09. The maximum Gasteiger partial charge on any atom is 0.490 e. The Balaban J connectivity index is 0.000000509. The van der Waals surface area contributed by atoms with Crippen LogP contribution < -0.4 is 5.32 Å². The first-order chi connectivity index (χ1) is 15.6. The summed E-state index contributed by atoms with van der Waals surface area (Å²) in [5, 5.41) is 12.4. The normalized spacial score (nSPS) is 11.9. The van der Waals surface area contributed by atoms with Gasteiger partial charge in [-0.3, -0.25) is 9.78 Å². The van der Waals surface area contributed by atoms with Crippen LogP contribution in [-0.4, -0.2) is 61.7 Å². The van der Waals surface area contributed by atoms with E-state index in [9.17, 15) is 31.1 Å². The molecule has 3 aromatic rings. The number of thiazole rings is 1. The molecule has 0 atom stereocenters. The number of carboxylic acid groups (broad SMARTS) is 1. The number of hydrogen-bond donors (Lipinski definition) is 2. The number of amides is 1. The molecule has 0 unspecified atom stereocenters. The number of alkyl halides is 6. The third kappa shape index (κ3) is 6.86. The van der Waals surface area contributed by atoms with E-state index in [4.69, 9.17) is 9.90 Å². The van der Waals surface area contributed by atoms with E-state index < -0.39 is 30.1 Å². The fourth-order valence-electron chi connectivity index (χ4n) is 2.67. The Morgan fingerprint density at radius 3 is 2.29 bits per heavy atom. The Morgan fingerprint density at radius 2 is 1.76 bits per heavy atom. The molecule has 2 N–H and O–H groups in total. The van der Waals surface area contributed by atoms with Gasteiger partial charge in [-0.1, -0.05) is 0 Å². The molecule has 0 saturated carbocycles. The molecule has 0 spiro atoms. The summed E-state index contributed by atoms with van der Waals surface area (Å²) in [5.74, 6) is -4.37. The Kier molecular flexibility index (Phi) is 8.20. The second kappa shape index (κ2) is 10.3. The average Bonchev–Trinajstić information content (AvgIpc) is 3.29. The van der Waals surface area contributed by atoms with Gasteiger partial charge in [-0.2, -0.15) is 26.3 Å². The molecule has 0 aliphatic rings. The van der Waals surface area contributed by atoms with Crippen molar-refractivity contribution in [2.45, 2.75) is 25.4 Å². The standard InChI is InChI=1S/C16H17F3N6OS.C2HF3O2/c1-24(2)7-9-8-27-12(22-9)6-21-14(26)10-4-20-5-11-13(10)25(3)15(23-11)16(17,18)19;3-2(4,5)1(6)7/h4-5,8H,6-7H2,1-3H3,(H,21,26);(H,6,7). The lowest BCUT2D eigenvalue weighted by molar-refractivity contribution is -0.192. The molecule has 186 valence electrons. The third-order valence-electron chi connectivity index (χ3n) is 4.00. The van der Waals surface area contributed by atoms with Crippen LogP contribution in [0.2, 0.25) is 0 Å². The molecule has 0 aromatic carbocycles. The molecule has 3 aromatic heterocycles. The number of carbonyl (C=O) groups excluding carboxylic acids is 1. The Labute approximate surface area is 192 Å². The van der Waals surface area contributed by atoms with Gasteiger partial charge in [-0.15, -0.1) is 11.3 Å². The van der Waals surface area contributed by atoms with Gasteiger partial charge in [-0.05, 0) is 14.1 Å². The molecular weight excluding hydrogens is 494 g/mol. The van der Waals surface area contributed by atoms with Crippen molar-refractivity contribution in [2.75, 3.05) is 14.1 Å². The van der Waals surface area contributed by atoms with Crippen LogP contribution in [0.15, 0.2) is 17.8 Å². The monoisotopic (exact) mass is 512 g/mol. The minimum Gasteiger partial charge on any atom is -0.475 e. The number of carbonyl (C=O) groups is 2. The van der Waals surface area contributed by atoms with Gasteiger partial charge < -0.3 is 19.9 Å². The quantitative estimate of drug-likeness (QED) is 0.506. The molecular formula is C18H18F6N6O3S. The summed E-state index contributed by atoms with van der Waals surface area (Å²) in [4.78, 5) is 35.2. The van der Waals surface area contributed by atoms with Crippen LogP contribution in [0.4, 0.5) is 26.3 Å². The number of aliphatic carboxylic acids is 1. The summed E-state index contributed by atoms with van der Waals surface area (Å²) < 4.78 is 71.8. The zero-order valence-corrected chi connectivity index (χ0v) is 18.6. The third-order valence-corrected chi connectivity index (χ3v) is 4.89. The number of pyridine rings is 1. The zero-order chi connectivity index (χ0) is 25.8. The van der Waals surface area contributed by atoms with Crippen LogP contribution in [0.25, 0.3) is 11.0 Å². The number of aryl methyl sites for hydroxylation is 1. The van der Waals surface area contributed by atoms with Gasteiger partial charge in [-0.25, -0.2) is 14.8 Å². The van der Waals surface area contributed by atoms with E-state index in [1.54, 1.807) is 0 Å². The fraction of sp³-hybridized carbons (Fsp3) is 0.389. The molecule has 0 fully saturated rings. The van der Waals surface area contributed by atoms with Crippen molar-refractivity contribution in [1.29, 1.82) is 0 Å². The van der Waals surface area contributed by atoms with Gasteiger partial charge >= 0.3 is 18.3 Å². The van der Waals surface area contributed by atoms with Gasteiger partial charge in [0.05, 0.1) is 29.5 Å². The molecule has 16 heteroatoms. The highest BCUT2D eigenvalue weighted by Gasteiger charge is 2.38. The lowest BCUT2D eigenvalue weighted by atomic mass is 10.2. The van der Waals surface area contributed by atoms with Crippen molar-refractivity contribution in [1.82, 2.24) is 29.7 Å². The van der Waals surface area contributed by atoms with Crippen molar-refractivity contribution < 1.29 is 41.0 Å². The summed E-state index contributed by atoms with van der Waals surface area (Å²) in [5.41, 5.74) is 1.02. The average molecular weight is 512 g/mol. The smallest absolute Gasteiger partial charge is 0.475 e. The number of nitrogens with zero attached hydrogens (tertiary/aromatic N) is 5. The molecule has 0 aliphatic heterocycles. The zero-order valence-electron chi connectivity index (χ0n) is 17.8. The van der Waals surface area contributed by atoms with E-state index in [0.29, 0.717) is 11.6 Å². The van der Waals surface area contributed by atoms with Crippen molar-refractivity contribution in [3.05, 3.63) is 39.9 Å². The summed E-state index contributed by atoms with van der Waals surface area (Å²) in [7, 11) is 5.08. The number of halogens is 6. The Bertz CT molecular complexity index is 1170. The lowest BCUT2D eigenvalue weighted by Crippen LogP contribution is -2.24. The first-order valence-electron chi connectivity index (χ1n) is 9.15. The van der Waals surface area contributed by atoms with E-state index in [2.05, 4.69) is 20.3 Å². The lowest BCUT2D eigenvalue weighted by Gasteiger charge is -2.08. The number of nitrogens with one attached hydrogen (secondary N) is 1. The predicted molar refractivity (Wildman–Crippen MR) is 108 cm³/mol. The number of hydrogen-bond acceptors (Lipinski definition) is 7. The minimum absolute atomic E-state index is 0.0139. The van der Waals surface area contributed by atoms with Crippen LogP contribution >= 0.6 is 11.3 Å². The number of rotatable bonds is 5. The maximum absolute atomic E-state index is 13.1. The molecule has 1 amide bonds. The van der Waals surface area contributed by atoms with Crippen molar-refractivity contribution >= 4 is 34.2 Å². The molecule has 3 heterocycles. The van der Waals surface area contributed by atoms with Crippen LogP contribution in [0.3, 0.4) is 0 Å². The first kappa shape index (κ1) is 27.0. The molecule has 0 aliphatic carbocycles. The van der Waals surface area contributed by atoms with Gasteiger partial charge in [0.1, 0.15) is 10.5 Å². The maximum atomic E-state index is 13.1. The van der Waals surface area contributed by atoms with Crippen molar-refractivity contribution in [2.24, 2.45) is 7.05 Å². The minimum atomic E-state index is -5.08. The summed E-state index contributed by atoms with van der Waals surface area (Å²) in [6, 6.07) is 0. The molecule has 34 heavy (non-hydrogen) atoms. The van der Waals surface area contributed by atoms with Gasteiger partial charge in [0.25, 0.3) is 5.91 Å². The Hall–Kier alpha value is -3.27.